The maximum atomic E-state index is 7.56. The van der Waals surface area contributed by atoms with Crippen molar-refractivity contribution in [1.82, 2.24) is 0 Å². The maximum absolute atomic E-state index is 7.56. The third-order valence-electron chi connectivity index (χ3n) is 1.52. The van der Waals surface area contributed by atoms with E-state index < -0.39 is 0 Å². The van der Waals surface area contributed by atoms with Crippen LogP contribution in [-0.2, 0) is 0 Å². The molecule has 0 saturated carbocycles. The SMILES string of the molecule is CC/C=N\C(=N)c1ccc(Cl)cc1. The standard InChI is InChI=1S/C10H11ClN2/c1-2-7-13-10(12)8-3-5-9(11)6-4-8/h3-7,12H,2H2,1H3/b12-10?,13-7-. The highest BCUT2D eigenvalue weighted by molar-refractivity contribution is 6.30. The summed E-state index contributed by atoms with van der Waals surface area (Å²) in [6.07, 6.45) is 2.56. The van der Waals surface area contributed by atoms with E-state index in [1.807, 2.05) is 6.92 Å². The van der Waals surface area contributed by atoms with E-state index >= 15 is 0 Å². The Morgan fingerprint density at radius 1 is 1.46 bits per heavy atom. The van der Waals surface area contributed by atoms with Gasteiger partial charge in [0.2, 0.25) is 0 Å². The zero-order chi connectivity index (χ0) is 9.68. The molecule has 0 aliphatic heterocycles. The molecule has 1 rings (SSSR count). The van der Waals surface area contributed by atoms with Gasteiger partial charge in [-0.25, -0.2) is 4.99 Å². The van der Waals surface area contributed by atoms with Gasteiger partial charge >= 0.3 is 0 Å². The molecule has 0 bridgehead atoms. The molecule has 0 aromatic heterocycles. The van der Waals surface area contributed by atoms with Crippen molar-refractivity contribution in [1.29, 1.82) is 5.41 Å². The smallest absolute Gasteiger partial charge is 0.151 e. The van der Waals surface area contributed by atoms with E-state index in [0.717, 1.165) is 12.0 Å². The molecule has 13 heavy (non-hydrogen) atoms. The summed E-state index contributed by atoms with van der Waals surface area (Å²) in [6.45, 7) is 1.98. The van der Waals surface area contributed by atoms with Crippen molar-refractivity contribution in [3.05, 3.63) is 34.9 Å². The van der Waals surface area contributed by atoms with Gasteiger partial charge in [-0.15, -0.1) is 0 Å². The van der Waals surface area contributed by atoms with Crippen molar-refractivity contribution in [2.45, 2.75) is 13.3 Å². The lowest BCUT2D eigenvalue weighted by Gasteiger charge is -1.97. The van der Waals surface area contributed by atoms with Crippen molar-refractivity contribution in [3.8, 4) is 0 Å². The van der Waals surface area contributed by atoms with Crippen LogP contribution in [0.5, 0.6) is 0 Å². The Morgan fingerprint density at radius 3 is 2.62 bits per heavy atom. The fraction of sp³-hybridized carbons (Fsp3) is 0.200. The number of rotatable bonds is 2. The van der Waals surface area contributed by atoms with Gasteiger partial charge in [0.15, 0.2) is 5.84 Å². The molecule has 0 aliphatic rings. The van der Waals surface area contributed by atoms with E-state index in [4.69, 9.17) is 17.0 Å². The summed E-state index contributed by atoms with van der Waals surface area (Å²) in [5, 5.41) is 8.24. The summed E-state index contributed by atoms with van der Waals surface area (Å²) in [6, 6.07) is 7.09. The van der Waals surface area contributed by atoms with Gasteiger partial charge in [-0.2, -0.15) is 0 Å². The van der Waals surface area contributed by atoms with Gasteiger partial charge in [0.25, 0.3) is 0 Å². The summed E-state index contributed by atoms with van der Waals surface area (Å²) in [5.74, 6) is 0.276. The number of nitrogens with zero attached hydrogens (tertiary/aromatic N) is 1. The summed E-state index contributed by atoms with van der Waals surface area (Å²) >= 11 is 5.71. The number of hydrogen-bond acceptors (Lipinski definition) is 1. The number of nitrogens with one attached hydrogen (secondary N) is 1. The van der Waals surface area contributed by atoms with E-state index in [1.54, 1.807) is 30.5 Å². The first-order chi connectivity index (χ1) is 6.24. The molecule has 0 spiro atoms. The zero-order valence-corrected chi connectivity index (χ0v) is 8.17. The highest BCUT2D eigenvalue weighted by Crippen LogP contribution is 2.09. The molecular formula is C10H11ClN2. The molecule has 2 nitrogen and oxygen atoms in total. The normalized spacial score (nSPS) is 10.6. The van der Waals surface area contributed by atoms with Crippen LogP contribution < -0.4 is 0 Å². The molecular weight excluding hydrogens is 184 g/mol. The third kappa shape index (κ3) is 2.99. The molecule has 0 heterocycles. The van der Waals surface area contributed by atoms with Crippen LogP contribution in [0.3, 0.4) is 0 Å². The second-order valence-corrected chi connectivity index (χ2v) is 3.01. The molecule has 0 radical (unpaired) electrons. The van der Waals surface area contributed by atoms with Gasteiger partial charge in [-0.3, -0.25) is 5.41 Å². The van der Waals surface area contributed by atoms with E-state index in [0.29, 0.717) is 5.02 Å². The Hall–Kier alpha value is -1.15. The lowest BCUT2D eigenvalue weighted by atomic mass is 10.2. The first-order valence-corrected chi connectivity index (χ1v) is 4.49. The van der Waals surface area contributed by atoms with Crippen molar-refractivity contribution in [2.75, 3.05) is 0 Å². The van der Waals surface area contributed by atoms with Crippen LogP contribution in [0.4, 0.5) is 0 Å². The maximum Gasteiger partial charge on any atom is 0.151 e. The fourth-order valence-electron chi connectivity index (χ4n) is 0.865. The second kappa shape index (κ2) is 4.77. The number of hydrogen-bond donors (Lipinski definition) is 1. The highest BCUT2D eigenvalue weighted by Gasteiger charge is 1.96. The summed E-state index contributed by atoms with van der Waals surface area (Å²) in [4.78, 5) is 3.96. The van der Waals surface area contributed by atoms with E-state index in [2.05, 4.69) is 4.99 Å². The Morgan fingerprint density at radius 2 is 2.08 bits per heavy atom. The quantitative estimate of drug-likeness (QED) is 0.555. The molecule has 0 unspecified atom stereocenters. The van der Waals surface area contributed by atoms with Crippen LogP contribution in [0.15, 0.2) is 29.3 Å². The number of benzene rings is 1. The van der Waals surface area contributed by atoms with Gasteiger partial charge < -0.3 is 0 Å². The van der Waals surface area contributed by atoms with Gasteiger partial charge in [-0.05, 0) is 30.7 Å². The molecule has 0 saturated heterocycles. The summed E-state index contributed by atoms with van der Waals surface area (Å²) in [7, 11) is 0. The summed E-state index contributed by atoms with van der Waals surface area (Å²) < 4.78 is 0. The first-order valence-electron chi connectivity index (χ1n) is 4.11. The zero-order valence-electron chi connectivity index (χ0n) is 7.42. The van der Waals surface area contributed by atoms with E-state index in [-0.39, 0.29) is 5.84 Å². The predicted octanol–water partition coefficient (Wildman–Crippen LogP) is 3.15. The van der Waals surface area contributed by atoms with Gasteiger partial charge in [-0.1, -0.05) is 18.5 Å². The average Bonchev–Trinajstić information content (AvgIpc) is 2.15. The molecule has 3 heteroatoms. The van der Waals surface area contributed by atoms with Gasteiger partial charge in [0.1, 0.15) is 0 Å². The number of amidine groups is 1. The Kier molecular flexibility index (Phi) is 3.65. The number of halogens is 1. The van der Waals surface area contributed by atoms with Crippen LogP contribution in [-0.4, -0.2) is 12.1 Å². The lowest BCUT2D eigenvalue weighted by molar-refractivity contribution is 1.31. The van der Waals surface area contributed by atoms with Crippen molar-refractivity contribution in [2.24, 2.45) is 4.99 Å². The van der Waals surface area contributed by atoms with Crippen molar-refractivity contribution >= 4 is 23.7 Å². The fourth-order valence-corrected chi connectivity index (χ4v) is 0.991. The van der Waals surface area contributed by atoms with E-state index in [1.165, 1.54) is 0 Å². The average molecular weight is 195 g/mol. The second-order valence-electron chi connectivity index (χ2n) is 2.58. The van der Waals surface area contributed by atoms with E-state index in [9.17, 15) is 0 Å². The van der Waals surface area contributed by atoms with Crippen LogP contribution in [0.2, 0.25) is 5.02 Å². The molecule has 1 N–H and O–H groups in total. The first kappa shape index (κ1) is 9.93. The Balaban J connectivity index is 2.78. The predicted molar refractivity (Wildman–Crippen MR) is 57.1 cm³/mol. The lowest BCUT2D eigenvalue weighted by Crippen LogP contribution is -1.94. The van der Waals surface area contributed by atoms with Crippen molar-refractivity contribution in [3.63, 3.8) is 0 Å². The van der Waals surface area contributed by atoms with Crippen LogP contribution in [0, 0.1) is 5.41 Å². The van der Waals surface area contributed by atoms with Crippen LogP contribution in [0.1, 0.15) is 18.9 Å². The van der Waals surface area contributed by atoms with Gasteiger partial charge in [0, 0.05) is 16.8 Å². The Labute approximate surface area is 82.8 Å². The molecule has 1 aromatic carbocycles. The largest absolute Gasteiger partial charge is 0.282 e. The number of aliphatic imine (C=N–C) groups is 1. The van der Waals surface area contributed by atoms with Gasteiger partial charge in [0.05, 0.1) is 0 Å². The van der Waals surface area contributed by atoms with Crippen LogP contribution >= 0.6 is 11.6 Å². The molecule has 0 atom stereocenters. The minimum atomic E-state index is 0.276. The van der Waals surface area contributed by atoms with Crippen LogP contribution in [0.25, 0.3) is 0 Å². The monoisotopic (exact) mass is 194 g/mol. The molecule has 0 fully saturated rings. The Bertz CT molecular complexity index is 314. The topological polar surface area (TPSA) is 36.2 Å². The third-order valence-corrected chi connectivity index (χ3v) is 1.77. The minimum Gasteiger partial charge on any atom is -0.282 e. The molecule has 0 amide bonds. The minimum absolute atomic E-state index is 0.276. The molecule has 0 aliphatic carbocycles. The summed E-state index contributed by atoms with van der Waals surface area (Å²) in [5.41, 5.74) is 0.786. The van der Waals surface area contributed by atoms with Crippen molar-refractivity contribution < 1.29 is 0 Å². The molecule has 68 valence electrons. The highest BCUT2D eigenvalue weighted by atomic mass is 35.5. The molecule has 1 aromatic rings.